The highest BCUT2D eigenvalue weighted by Gasteiger charge is 2.23. The molecule has 1 heterocycles. The predicted octanol–water partition coefficient (Wildman–Crippen LogP) is 3.02. The van der Waals surface area contributed by atoms with Crippen LogP contribution in [0, 0.1) is 0 Å². The first kappa shape index (κ1) is 18.9. The highest BCUT2D eigenvalue weighted by atomic mass is 79.9. The topological polar surface area (TPSA) is 50.8 Å². The third kappa shape index (κ3) is 5.83. The number of hydrogen-bond donors (Lipinski definition) is 1. The number of benzene rings is 2. The van der Waals surface area contributed by atoms with Gasteiger partial charge in [-0.05, 0) is 29.8 Å². The van der Waals surface area contributed by atoms with E-state index < -0.39 is 0 Å². The molecule has 1 unspecified atom stereocenters. The highest BCUT2D eigenvalue weighted by molar-refractivity contribution is 9.10. The summed E-state index contributed by atoms with van der Waals surface area (Å²) >= 11 is 3.49. The fourth-order valence-electron chi connectivity index (χ4n) is 2.89. The van der Waals surface area contributed by atoms with Gasteiger partial charge in [0.05, 0.1) is 25.8 Å². The molecule has 1 N–H and O–H groups in total. The van der Waals surface area contributed by atoms with Crippen LogP contribution in [0.3, 0.4) is 0 Å². The lowest BCUT2D eigenvalue weighted by molar-refractivity contribution is -0.124. The van der Waals surface area contributed by atoms with Gasteiger partial charge in [-0.15, -0.1) is 0 Å². The quantitative estimate of drug-likeness (QED) is 0.702. The van der Waals surface area contributed by atoms with Crippen molar-refractivity contribution in [1.82, 2.24) is 10.2 Å². The van der Waals surface area contributed by atoms with Crippen molar-refractivity contribution in [3.8, 4) is 5.75 Å². The summed E-state index contributed by atoms with van der Waals surface area (Å²) in [4.78, 5) is 14.3. The molecule has 0 aromatic heterocycles. The molecule has 26 heavy (non-hydrogen) atoms. The summed E-state index contributed by atoms with van der Waals surface area (Å²) in [5.74, 6) is 0.823. The Bertz CT molecular complexity index is 711. The number of ether oxygens (including phenoxy) is 2. The molecule has 0 saturated carbocycles. The number of hydrogen-bond acceptors (Lipinski definition) is 4. The van der Waals surface area contributed by atoms with E-state index in [1.165, 1.54) is 0 Å². The molecule has 2 aromatic carbocycles. The number of morpholine rings is 1. The van der Waals surface area contributed by atoms with Crippen molar-refractivity contribution >= 4 is 21.8 Å². The Kier molecular flexibility index (Phi) is 7.05. The van der Waals surface area contributed by atoms with Crippen LogP contribution >= 0.6 is 15.9 Å². The fourth-order valence-corrected chi connectivity index (χ4v) is 3.31. The first-order valence-electron chi connectivity index (χ1n) is 8.75. The van der Waals surface area contributed by atoms with E-state index >= 15 is 0 Å². The predicted molar refractivity (Wildman–Crippen MR) is 104 cm³/mol. The largest absolute Gasteiger partial charge is 0.492 e. The van der Waals surface area contributed by atoms with Crippen molar-refractivity contribution in [2.24, 2.45) is 0 Å². The Labute approximate surface area is 162 Å². The number of carbonyl (C=O) groups is 1. The van der Waals surface area contributed by atoms with Gasteiger partial charge in [0, 0.05) is 17.6 Å². The molecule has 1 aliphatic rings. The van der Waals surface area contributed by atoms with Gasteiger partial charge in [0.1, 0.15) is 12.4 Å². The summed E-state index contributed by atoms with van der Waals surface area (Å²) in [6.07, 6.45) is -0.00420. The lowest BCUT2D eigenvalue weighted by atomic mass is 10.1. The van der Waals surface area contributed by atoms with E-state index in [2.05, 4.69) is 38.3 Å². The normalized spacial score (nSPS) is 17.7. The summed E-state index contributed by atoms with van der Waals surface area (Å²) in [5.41, 5.74) is 1.13. The lowest BCUT2D eigenvalue weighted by Gasteiger charge is -2.32. The third-order valence-corrected chi connectivity index (χ3v) is 4.67. The molecule has 1 saturated heterocycles. The van der Waals surface area contributed by atoms with Crippen LogP contribution in [-0.4, -0.2) is 50.2 Å². The van der Waals surface area contributed by atoms with Crippen LogP contribution in [0.25, 0.3) is 0 Å². The van der Waals surface area contributed by atoms with Crippen LogP contribution in [0.2, 0.25) is 0 Å². The Morgan fingerprint density at radius 2 is 2.08 bits per heavy atom. The van der Waals surface area contributed by atoms with Gasteiger partial charge in [0.2, 0.25) is 5.91 Å². The van der Waals surface area contributed by atoms with Gasteiger partial charge >= 0.3 is 0 Å². The van der Waals surface area contributed by atoms with Crippen LogP contribution in [0.15, 0.2) is 59.1 Å². The zero-order valence-corrected chi connectivity index (χ0v) is 16.2. The maximum atomic E-state index is 12.2. The smallest absolute Gasteiger partial charge is 0.234 e. The van der Waals surface area contributed by atoms with Crippen LogP contribution in [0.5, 0.6) is 5.75 Å². The van der Waals surface area contributed by atoms with Crippen molar-refractivity contribution in [2.45, 2.75) is 6.10 Å². The summed E-state index contributed by atoms with van der Waals surface area (Å²) in [6.45, 7) is 3.43. The molecule has 138 valence electrons. The molecule has 0 spiro atoms. The standard InChI is InChI=1S/C20H23BrN2O3/c21-17-6-4-5-16(13-17)19-14-23(10-12-26-19)15-20(24)22-9-11-25-18-7-2-1-3-8-18/h1-8,13,19H,9-12,14-15H2,(H,22,24). The molecular weight excluding hydrogens is 396 g/mol. The maximum Gasteiger partial charge on any atom is 0.234 e. The monoisotopic (exact) mass is 418 g/mol. The molecule has 1 amide bonds. The Hall–Kier alpha value is -1.89. The average molecular weight is 419 g/mol. The Morgan fingerprint density at radius 1 is 1.23 bits per heavy atom. The van der Waals surface area contributed by atoms with Gasteiger partial charge < -0.3 is 14.8 Å². The van der Waals surface area contributed by atoms with Gasteiger partial charge in [-0.3, -0.25) is 9.69 Å². The summed E-state index contributed by atoms with van der Waals surface area (Å²) < 4.78 is 12.5. The fraction of sp³-hybridized carbons (Fsp3) is 0.350. The second-order valence-corrected chi connectivity index (χ2v) is 7.08. The highest BCUT2D eigenvalue weighted by Crippen LogP contribution is 2.24. The van der Waals surface area contributed by atoms with Gasteiger partial charge in [-0.25, -0.2) is 0 Å². The minimum absolute atomic E-state index is 0.00420. The van der Waals surface area contributed by atoms with Crippen molar-refractivity contribution in [3.63, 3.8) is 0 Å². The van der Waals surface area contributed by atoms with E-state index in [0.717, 1.165) is 22.3 Å². The lowest BCUT2D eigenvalue weighted by Crippen LogP contribution is -2.44. The number of nitrogens with zero attached hydrogens (tertiary/aromatic N) is 1. The summed E-state index contributed by atoms with van der Waals surface area (Å²) in [7, 11) is 0. The van der Waals surface area contributed by atoms with Gasteiger partial charge in [0.15, 0.2) is 0 Å². The van der Waals surface area contributed by atoms with Crippen LogP contribution < -0.4 is 10.1 Å². The zero-order chi connectivity index (χ0) is 18.2. The molecule has 1 atom stereocenters. The van der Waals surface area contributed by atoms with Crippen molar-refractivity contribution in [2.75, 3.05) is 39.4 Å². The maximum absolute atomic E-state index is 12.2. The van der Waals surface area contributed by atoms with Crippen molar-refractivity contribution in [3.05, 3.63) is 64.6 Å². The molecule has 0 aliphatic carbocycles. The molecular formula is C20H23BrN2O3. The third-order valence-electron chi connectivity index (χ3n) is 4.17. The molecule has 5 nitrogen and oxygen atoms in total. The first-order valence-corrected chi connectivity index (χ1v) is 9.54. The minimum Gasteiger partial charge on any atom is -0.492 e. The van der Waals surface area contributed by atoms with Crippen molar-refractivity contribution < 1.29 is 14.3 Å². The minimum atomic E-state index is -0.00420. The second kappa shape index (κ2) is 9.71. The van der Waals surface area contributed by atoms with E-state index in [0.29, 0.717) is 32.8 Å². The molecule has 3 rings (SSSR count). The van der Waals surface area contributed by atoms with Gasteiger partial charge in [-0.1, -0.05) is 46.3 Å². The summed E-state index contributed by atoms with van der Waals surface area (Å²) in [6, 6.07) is 17.7. The number of carbonyl (C=O) groups excluding carboxylic acids is 1. The number of rotatable bonds is 7. The molecule has 2 aromatic rings. The van der Waals surface area contributed by atoms with Gasteiger partial charge in [-0.2, -0.15) is 0 Å². The second-order valence-electron chi connectivity index (χ2n) is 6.16. The number of amides is 1. The Morgan fingerprint density at radius 3 is 2.88 bits per heavy atom. The molecule has 0 bridgehead atoms. The van der Waals surface area contributed by atoms with E-state index in [-0.39, 0.29) is 12.0 Å². The molecule has 6 heteroatoms. The van der Waals surface area contributed by atoms with E-state index in [1.807, 2.05) is 42.5 Å². The number of para-hydroxylation sites is 1. The van der Waals surface area contributed by atoms with E-state index in [1.54, 1.807) is 0 Å². The molecule has 1 fully saturated rings. The van der Waals surface area contributed by atoms with Crippen LogP contribution in [0.1, 0.15) is 11.7 Å². The first-order chi connectivity index (χ1) is 12.7. The van der Waals surface area contributed by atoms with Gasteiger partial charge in [0.25, 0.3) is 0 Å². The molecule has 0 radical (unpaired) electrons. The average Bonchev–Trinajstić information content (AvgIpc) is 2.66. The van der Waals surface area contributed by atoms with E-state index in [4.69, 9.17) is 9.47 Å². The van der Waals surface area contributed by atoms with Crippen molar-refractivity contribution in [1.29, 1.82) is 0 Å². The van der Waals surface area contributed by atoms with Crippen LogP contribution in [-0.2, 0) is 9.53 Å². The molecule has 1 aliphatic heterocycles. The van der Waals surface area contributed by atoms with E-state index in [9.17, 15) is 4.79 Å². The SMILES string of the molecule is O=C(CN1CCOC(c2cccc(Br)c2)C1)NCCOc1ccccc1. The number of halogens is 1. The number of nitrogens with one attached hydrogen (secondary N) is 1. The zero-order valence-electron chi connectivity index (χ0n) is 14.6. The Balaban J connectivity index is 1.39. The van der Waals surface area contributed by atoms with Crippen LogP contribution in [0.4, 0.5) is 0 Å². The summed E-state index contributed by atoms with van der Waals surface area (Å²) in [5, 5.41) is 2.91.